The molecule has 0 atom stereocenters. The third-order valence-corrected chi connectivity index (χ3v) is 6.24. The van der Waals surface area contributed by atoms with Crippen LogP contribution in [0.2, 0.25) is 5.02 Å². The van der Waals surface area contributed by atoms with Gasteiger partial charge in [0.2, 0.25) is 0 Å². The quantitative estimate of drug-likeness (QED) is 0.447. The summed E-state index contributed by atoms with van der Waals surface area (Å²) in [6.07, 6.45) is 1.89. The molecule has 1 amide bonds. The smallest absolute Gasteiger partial charge is 0.270 e. The van der Waals surface area contributed by atoms with Crippen LogP contribution < -0.4 is 9.80 Å². The van der Waals surface area contributed by atoms with Crippen LogP contribution in [0.15, 0.2) is 47.4 Å². The zero-order chi connectivity index (χ0) is 19.6. The Morgan fingerprint density at radius 1 is 1.15 bits per heavy atom. The molecular formula is C21H21ClN2OS2. The van der Waals surface area contributed by atoms with Gasteiger partial charge in [-0.2, -0.15) is 0 Å². The third kappa shape index (κ3) is 4.21. The van der Waals surface area contributed by atoms with E-state index in [0.717, 1.165) is 24.2 Å². The summed E-state index contributed by atoms with van der Waals surface area (Å²) in [7, 11) is 0. The van der Waals surface area contributed by atoms with Gasteiger partial charge in [-0.15, -0.1) is 0 Å². The van der Waals surface area contributed by atoms with E-state index in [1.165, 1.54) is 17.4 Å². The fourth-order valence-corrected chi connectivity index (χ4v) is 4.41. The van der Waals surface area contributed by atoms with E-state index in [1.54, 1.807) is 11.0 Å². The summed E-state index contributed by atoms with van der Waals surface area (Å²) in [6, 6.07) is 13.8. The van der Waals surface area contributed by atoms with Crippen LogP contribution >= 0.6 is 35.6 Å². The molecule has 2 aromatic rings. The third-order valence-electron chi connectivity index (χ3n) is 4.53. The molecule has 0 N–H and O–H groups in total. The Kier molecular flexibility index (Phi) is 6.25. The van der Waals surface area contributed by atoms with Crippen molar-refractivity contribution in [2.45, 2.75) is 20.8 Å². The van der Waals surface area contributed by atoms with Crippen molar-refractivity contribution in [2.24, 2.45) is 0 Å². The summed E-state index contributed by atoms with van der Waals surface area (Å²) in [5.74, 6) is -0.113. The van der Waals surface area contributed by atoms with E-state index < -0.39 is 0 Å². The summed E-state index contributed by atoms with van der Waals surface area (Å²) in [6.45, 7) is 8.14. The van der Waals surface area contributed by atoms with Crippen molar-refractivity contribution >= 4 is 63.3 Å². The van der Waals surface area contributed by atoms with Crippen LogP contribution in [-0.4, -0.2) is 23.3 Å². The predicted octanol–water partition coefficient (Wildman–Crippen LogP) is 5.90. The lowest BCUT2D eigenvalue weighted by molar-refractivity contribution is -0.113. The molecule has 0 aromatic heterocycles. The van der Waals surface area contributed by atoms with Crippen molar-refractivity contribution in [3.8, 4) is 0 Å². The largest absolute Gasteiger partial charge is 0.372 e. The maximum Gasteiger partial charge on any atom is 0.270 e. The van der Waals surface area contributed by atoms with Crippen molar-refractivity contribution < 1.29 is 4.79 Å². The van der Waals surface area contributed by atoms with Gasteiger partial charge in [0.15, 0.2) is 4.32 Å². The molecule has 1 aliphatic rings. The molecule has 1 saturated heterocycles. The summed E-state index contributed by atoms with van der Waals surface area (Å²) >= 11 is 13.0. The molecule has 0 radical (unpaired) electrons. The lowest BCUT2D eigenvalue weighted by Gasteiger charge is -2.20. The van der Waals surface area contributed by atoms with Crippen LogP contribution in [0.1, 0.15) is 25.0 Å². The highest BCUT2D eigenvalue weighted by molar-refractivity contribution is 8.27. The average molecular weight is 417 g/mol. The number of anilines is 2. The number of amides is 1. The van der Waals surface area contributed by atoms with Gasteiger partial charge in [0.25, 0.3) is 5.91 Å². The minimum absolute atomic E-state index is 0.113. The summed E-state index contributed by atoms with van der Waals surface area (Å²) in [4.78, 5) is 17.3. The number of hydrogen-bond acceptors (Lipinski definition) is 4. The SMILES string of the molecule is CCN(CC)c1ccc(/C=C2\SC(=S)N(c3ccc(C)c(Cl)c3)C2=O)cc1. The molecule has 27 heavy (non-hydrogen) atoms. The molecular weight excluding hydrogens is 396 g/mol. The number of halogens is 1. The lowest BCUT2D eigenvalue weighted by atomic mass is 10.1. The van der Waals surface area contributed by atoms with Crippen LogP contribution in [0.3, 0.4) is 0 Å². The maximum absolute atomic E-state index is 12.9. The Morgan fingerprint density at radius 2 is 1.81 bits per heavy atom. The topological polar surface area (TPSA) is 23.6 Å². The molecule has 1 fully saturated rings. The molecule has 2 aromatic carbocycles. The van der Waals surface area contributed by atoms with E-state index in [0.29, 0.717) is 19.9 Å². The van der Waals surface area contributed by atoms with Crippen molar-refractivity contribution in [1.82, 2.24) is 0 Å². The second-order valence-electron chi connectivity index (χ2n) is 6.21. The number of benzene rings is 2. The van der Waals surface area contributed by atoms with E-state index in [9.17, 15) is 4.79 Å². The Labute approximate surface area is 175 Å². The molecule has 0 bridgehead atoms. The first kappa shape index (κ1) is 19.9. The van der Waals surface area contributed by atoms with Gasteiger partial charge in [0.1, 0.15) is 0 Å². The zero-order valence-corrected chi connectivity index (χ0v) is 17.9. The number of thiocarbonyl (C=S) groups is 1. The second-order valence-corrected chi connectivity index (χ2v) is 8.30. The fourth-order valence-electron chi connectivity index (χ4n) is 2.93. The Bertz CT molecular complexity index is 905. The Hall–Kier alpha value is -1.82. The molecule has 0 saturated carbocycles. The number of aryl methyl sites for hydroxylation is 1. The van der Waals surface area contributed by atoms with E-state index in [4.69, 9.17) is 23.8 Å². The standard InChI is InChI=1S/C21H21ClN2OS2/c1-4-23(5-2)16-10-7-15(8-11-16)12-19-20(25)24(21(26)27-19)17-9-6-14(3)18(22)13-17/h6-13H,4-5H2,1-3H3/b19-12-. The van der Waals surface area contributed by atoms with Gasteiger partial charge < -0.3 is 4.90 Å². The lowest BCUT2D eigenvalue weighted by Crippen LogP contribution is -2.27. The second kappa shape index (κ2) is 8.46. The van der Waals surface area contributed by atoms with Crippen molar-refractivity contribution in [3.63, 3.8) is 0 Å². The van der Waals surface area contributed by atoms with E-state index in [-0.39, 0.29) is 5.91 Å². The molecule has 0 unspecified atom stereocenters. The molecule has 6 heteroatoms. The number of nitrogens with zero attached hydrogens (tertiary/aromatic N) is 2. The predicted molar refractivity (Wildman–Crippen MR) is 122 cm³/mol. The first-order valence-corrected chi connectivity index (χ1v) is 10.4. The minimum atomic E-state index is -0.113. The maximum atomic E-state index is 12.9. The molecule has 0 spiro atoms. The summed E-state index contributed by atoms with van der Waals surface area (Å²) < 4.78 is 0.519. The molecule has 1 heterocycles. The summed E-state index contributed by atoms with van der Waals surface area (Å²) in [5.41, 5.74) is 3.83. The van der Waals surface area contributed by atoms with E-state index in [2.05, 4.69) is 30.9 Å². The molecule has 1 aliphatic heterocycles. The highest BCUT2D eigenvalue weighted by Gasteiger charge is 2.33. The van der Waals surface area contributed by atoms with Crippen LogP contribution in [0, 0.1) is 6.92 Å². The van der Waals surface area contributed by atoms with Crippen LogP contribution in [0.4, 0.5) is 11.4 Å². The molecule has 0 aliphatic carbocycles. The Morgan fingerprint density at radius 3 is 2.41 bits per heavy atom. The number of carbonyl (C=O) groups excluding carboxylic acids is 1. The van der Waals surface area contributed by atoms with Gasteiger partial charge in [0, 0.05) is 23.8 Å². The van der Waals surface area contributed by atoms with Gasteiger partial charge in [-0.1, -0.05) is 53.8 Å². The first-order valence-electron chi connectivity index (χ1n) is 8.83. The minimum Gasteiger partial charge on any atom is -0.372 e. The highest BCUT2D eigenvalue weighted by Crippen LogP contribution is 2.37. The molecule has 3 nitrogen and oxygen atoms in total. The number of rotatable bonds is 5. The average Bonchev–Trinajstić information content (AvgIpc) is 2.93. The number of thioether (sulfide) groups is 1. The van der Waals surface area contributed by atoms with Gasteiger partial charge in [-0.25, -0.2) is 0 Å². The van der Waals surface area contributed by atoms with Crippen LogP contribution in [0.5, 0.6) is 0 Å². The van der Waals surface area contributed by atoms with Crippen LogP contribution in [0.25, 0.3) is 6.08 Å². The van der Waals surface area contributed by atoms with Gasteiger partial charge in [0.05, 0.1) is 10.6 Å². The van der Waals surface area contributed by atoms with Crippen molar-refractivity contribution in [3.05, 3.63) is 63.5 Å². The van der Waals surface area contributed by atoms with Crippen molar-refractivity contribution in [2.75, 3.05) is 22.9 Å². The fraction of sp³-hybridized carbons (Fsp3) is 0.238. The van der Waals surface area contributed by atoms with E-state index in [1.807, 2.05) is 37.3 Å². The molecule has 140 valence electrons. The van der Waals surface area contributed by atoms with Gasteiger partial charge in [-0.05, 0) is 62.2 Å². The van der Waals surface area contributed by atoms with E-state index >= 15 is 0 Å². The first-order chi connectivity index (χ1) is 12.9. The normalized spacial score (nSPS) is 15.7. The summed E-state index contributed by atoms with van der Waals surface area (Å²) in [5, 5.41) is 0.623. The number of carbonyl (C=O) groups is 1. The zero-order valence-electron chi connectivity index (χ0n) is 15.5. The van der Waals surface area contributed by atoms with Crippen LogP contribution in [-0.2, 0) is 4.79 Å². The van der Waals surface area contributed by atoms with Crippen molar-refractivity contribution in [1.29, 1.82) is 0 Å². The highest BCUT2D eigenvalue weighted by atomic mass is 35.5. The van der Waals surface area contributed by atoms with Gasteiger partial charge in [-0.3, -0.25) is 9.69 Å². The number of hydrogen-bond donors (Lipinski definition) is 0. The molecule has 3 rings (SSSR count). The Balaban J connectivity index is 1.84. The van der Waals surface area contributed by atoms with Gasteiger partial charge >= 0.3 is 0 Å². The monoisotopic (exact) mass is 416 g/mol.